The van der Waals surface area contributed by atoms with E-state index in [2.05, 4.69) is 98.0 Å². The van der Waals surface area contributed by atoms with Crippen LogP contribution in [0.1, 0.15) is 22.4 Å². The Hall–Kier alpha value is -3.43. The van der Waals surface area contributed by atoms with Crippen LogP contribution in [0, 0.1) is 13.8 Å². The van der Waals surface area contributed by atoms with Crippen molar-refractivity contribution in [2.75, 3.05) is 12.4 Å². The maximum absolute atomic E-state index is 5.56. The Morgan fingerprint density at radius 1 is 0.774 bits per heavy atom. The van der Waals surface area contributed by atoms with Gasteiger partial charge in [0.2, 0.25) is 0 Å². The molecule has 3 nitrogen and oxygen atoms in total. The maximum Gasteiger partial charge on any atom is 0.127 e. The predicted molar refractivity (Wildman–Crippen MR) is 129 cm³/mol. The van der Waals surface area contributed by atoms with Gasteiger partial charge in [-0.3, -0.25) is 0 Å². The summed E-state index contributed by atoms with van der Waals surface area (Å²) in [6.45, 7) is 5.41. The number of hydrogen-bond donors (Lipinski definition) is 1. The molecule has 4 aromatic rings. The molecule has 3 aromatic carbocycles. The van der Waals surface area contributed by atoms with Crippen molar-refractivity contribution >= 4 is 5.82 Å². The summed E-state index contributed by atoms with van der Waals surface area (Å²) >= 11 is 0. The average molecular weight is 409 g/mol. The van der Waals surface area contributed by atoms with E-state index in [1.807, 2.05) is 6.07 Å². The van der Waals surface area contributed by atoms with Crippen molar-refractivity contribution in [1.82, 2.24) is 4.98 Å². The Kier molecular flexibility index (Phi) is 6.44. The third-order valence-electron chi connectivity index (χ3n) is 5.33. The standard InChI is InChI=1S/C28H28N2O/c1-20-9-7-13-23(15-20)25-17-27(29-18-22-11-5-4-6-12-22)30-26(19-31-3)28(25)24-14-8-10-21(2)16-24/h4-17H,18-19H2,1-3H3,(H,29,30). The van der Waals surface area contributed by atoms with Crippen LogP contribution < -0.4 is 5.32 Å². The summed E-state index contributed by atoms with van der Waals surface area (Å²) < 4.78 is 5.56. The minimum absolute atomic E-state index is 0.447. The molecule has 0 atom stereocenters. The number of benzene rings is 3. The van der Waals surface area contributed by atoms with Gasteiger partial charge in [-0.1, -0.05) is 90.0 Å². The second-order valence-corrected chi connectivity index (χ2v) is 7.89. The van der Waals surface area contributed by atoms with Crippen LogP contribution in [-0.4, -0.2) is 12.1 Å². The molecule has 0 bridgehead atoms. The quantitative estimate of drug-likeness (QED) is 0.365. The monoisotopic (exact) mass is 408 g/mol. The molecule has 0 unspecified atom stereocenters. The third kappa shape index (κ3) is 5.01. The average Bonchev–Trinajstić information content (AvgIpc) is 2.78. The SMILES string of the molecule is COCc1nc(NCc2ccccc2)cc(-c2cccc(C)c2)c1-c1cccc(C)c1. The van der Waals surface area contributed by atoms with Crippen LogP contribution in [0.15, 0.2) is 84.9 Å². The smallest absolute Gasteiger partial charge is 0.127 e. The summed E-state index contributed by atoms with van der Waals surface area (Å²) in [6.07, 6.45) is 0. The van der Waals surface area contributed by atoms with Crippen LogP contribution >= 0.6 is 0 Å². The maximum atomic E-state index is 5.56. The minimum atomic E-state index is 0.447. The summed E-state index contributed by atoms with van der Waals surface area (Å²) in [7, 11) is 1.72. The first-order valence-electron chi connectivity index (χ1n) is 10.6. The summed E-state index contributed by atoms with van der Waals surface area (Å²) in [4.78, 5) is 4.96. The first-order chi connectivity index (χ1) is 15.1. The summed E-state index contributed by atoms with van der Waals surface area (Å²) in [5, 5.41) is 3.51. The Morgan fingerprint density at radius 2 is 1.45 bits per heavy atom. The summed E-state index contributed by atoms with van der Waals surface area (Å²) in [5.74, 6) is 0.851. The molecule has 1 heterocycles. The number of methoxy groups -OCH3 is 1. The molecule has 0 spiro atoms. The van der Waals surface area contributed by atoms with E-state index >= 15 is 0 Å². The molecule has 1 N–H and O–H groups in total. The number of ether oxygens (including phenoxy) is 1. The fourth-order valence-corrected chi connectivity index (χ4v) is 3.88. The van der Waals surface area contributed by atoms with E-state index in [9.17, 15) is 0 Å². The first-order valence-corrected chi connectivity index (χ1v) is 10.6. The van der Waals surface area contributed by atoms with E-state index in [1.54, 1.807) is 7.11 Å². The number of rotatable bonds is 7. The lowest BCUT2D eigenvalue weighted by molar-refractivity contribution is 0.182. The molecule has 0 aliphatic rings. The van der Waals surface area contributed by atoms with Crippen LogP contribution in [0.2, 0.25) is 0 Å². The van der Waals surface area contributed by atoms with E-state index < -0.39 is 0 Å². The van der Waals surface area contributed by atoms with Gasteiger partial charge in [0.15, 0.2) is 0 Å². The van der Waals surface area contributed by atoms with Crippen molar-refractivity contribution in [3.8, 4) is 22.3 Å². The van der Waals surface area contributed by atoms with Crippen LogP contribution in [0.5, 0.6) is 0 Å². The Labute approximate surface area is 184 Å². The highest BCUT2D eigenvalue weighted by atomic mass is 16.5. The summed E-state index contributed by atoms with van der Waals surface area (Å²) in [5.41, 5.74) is 9.23. The molecular weight excluding hydrogens is 380 g/mol. The minimum Gasteiger partial charge on any atom is -0.378 e. The Morgan fingerprint density at radius 3 is 2.13 bits per heavy atom. The zero-order valence-corrected chi connectivity index (χ0v) is 18.4. The van der Waals surface area contributed by atoms with Gasteiger partial charge in [0, 0.05) is 19.2 Å². The Bertz CT molecular complexity index is 1170. The lowest BCUT2D eigenvalue weighted by Gasteiger charge is -2.18. The lowest BCUT2D eigenvalue weighted by atomic mass is 9.92. The van der Waals surface area contributed by atoms with Crippen molar-refractivity contribution in [1.29, 1.82) is 0 Å². The highest BCUT2D eigenvalue weighted by Gasteiger charge is 2.17. The highest BCUT2D eigenvalue weighted by molar-refractivity contribution is 5.87. The number of hydrogen-bond acceptors (Lipinski definition) is 3. The molecule has 0 radical (unpaired) electrons. The Balaban J connectivity index is 1.85. The fraction of sp³-hybridized carbons (Fsp3) is 0.179. The van der Waals surface area contributed by atoms with Gasteiger partial charge in [0.05, 0.1) is 12.3 Å². The van der Waals surface area contributed by atoms with Gasteiger partial charge in [-0.05, 0) is 42.2 Å². The third-order valence-corrected chi connectivity index (χ3v) is 5.33. The van der Waals surface area contributed by atoms with E-state index in [4.69, 9.17) is 9.72 Å². The van der Waals surface area contributed by atoms with Gasteiger partial charge in [-0.2, -0.15) is 0 Å². The van der Waals surface area contributed by atoms with E-state index in [1.165, 1.54) is 22.3 Å². The number of anilines is 1. The molecule has 0 saturated heterocycles. The van der Waals surface area contributed by atoms with E-state index in [0.717, 1.165) is 34.7 Å². The van der Waals surface area contributed by atoms with Crippen LogP contribution in [0.4, 0.5) is 5.82 Å². The van der Waals surface area contributed by atoms with Crippen LogP contribution in [-0.2, 0) is 17.9 Å². The predicted octanol–water partition coefficient (Wildman–Crippen LogP) is 6.79. The fourth-order valence-electron chi connectivity index (χ4n) is 3.88. The van der Waals surface area contributed by atoms with Crippen LogP contribution in [0.25, 0.3) is 22.3 Å². The number of nitrogens with one attached hydrogen (secondary N) is 1. The van der Waals surface area contributed by atoms with Gasteiger partial charge in [0.1, 0.15) is 5.82 Å². The molecule has 4 rings (SSSR count). The van der Waals surface area contributed by atoms with Crippen molar-refractivity contribution < 1.29 is 4.74 Å². The normalized spacial score (nSPS) is 10.8. The number of pyridine rings is 1. The molecule has 3 heteroatoms. The molecule has 1 aromatic heterocycles. The molecular formula is C28H28N2O. The summed E-state index contributed by atoms with van der Waals surface area (Å²) in [6, 6.07) is 29.8. The van der Waals surface area contributed by atoms with Gasteiger partial charge >= 0.3 is 0 Å². The second kappa shape index (κ2) is 9.59. The van der Waals surface area contributed by atoms with E-state index in [0.29, 0.717) is 6.61 Å². The molecule has 0 aliphatic carbocycles. The zero-order chi connectivity index (χ0) is 21.6. The van der Waals surface area contributed by atoms with Gasteiger partial charge < -0.3 is 10.1 Å². The number of aromatic nitrogens is 1. The first kappa shape index (κ1) is 20.8. The van der Waals surface area contributed by atoms with Crippen molar-refractivity contribution in [2.24, 2.45) is 0 Å². The van der Waals surface area contributed by atoms with Crippen molar-refractivity contribution in [3.63, 3.8) is 0 Å². The molecule has 0 saturated carbocycles. The lowest BCUT2D eigenvalue weighted by Crippen LogP contribution is -2.06. The molecule has 31 heavy (non-hydrogen) atoms. The highest BCUT2D eigenvalue weighted by Crippen LogP contribution is 2.37. The molecule has 0 amide bonds. The molecule has 0 fully saturated rings. The van der Waals surface area contributed by atoms with Crippen molar-refractivity contribution in [2.45, 2.75) is 27.0 Å². The molecule has 156 valence electrons. The zero-order valence-electron chi connectivity index (χ0n) is 18.4. The van der Waals surface area contributed by atoms with Gasteiger partial charge in [0.25, 0.3) is 0 Å². The second-order valence-electron chi connectivity index (χ2n) is 7.89. The van der Waals surface area contributed by atoms with Crippen molar-refractivity contribution in [3.05, 3.63) is 107 Å². The van der Waals surface area contributed by atoms with Gasteiger partial charge in [-0.15, -0.1) is 0 Å². The molecule has 0 aliphatic heterocycles. The van der Waals surface area contributed by atoms with Crippen LogP contribution in [0.3, 0.4) is 0 Å². The van der Waals surface area contributed by atoms with Gasteiger partial charge in [-0.25, -0.2) is 4.98 Å². The number of nitrogens with zero attached hydrogens (tertiary/aromatic N) is 1. The largest absolute Gasteiger partial charge is 0.378 e. The van der Waals surface area contributed by atoms with E-state index in [-0.39, 0.29) is 0 Å². The topological polar surface area (TPSA) is 34.1 Å². The number of aryl methyl sites for hydroxylation is 2.